The second kappa shape index (κ2) is 5.75. The lowest BCUT2D eigenvalue weighted by Gasteiger charge is -2.06. The van der Waals surface area contributed by atoms with Gasteiger partial charge < -0.3 is 4.74 Å². The molecule has 0 saturated heterocycles. The maximum absolute atomic E-state index is 5.39. The highest BCUT2D eigenvalue weighted by Crippen LogP contribution is 2.33. The number of ether oxygens (including phenoxy) is 1. The van der Waals surface area contributed by atoms with Gasteiger partial charge in [0.1, 0.15) is 5.75 Å². The maximum Gasteiger partial charge on any atom is 0.126 e. The fourth-order valence-electron chi connectivity index (χ4n) is 2.24. The summed E-state index contributed by atoms with van der Waals surface area (Å²) in [5.74, 6) is 0.847. The van der Waals surface area contributed by atoms with E-state index in [4.69, 9.17) is 4.74 Å². The normalized spacial score (nSPS) is 11.1. The summed E-state index contributed by atoms with van der Waals surface area (Å²) in [4.78, 5) is 0. The molecule has 0 unspecified atom stereocenters. The summed E-state index contributed by atoms with van der Waals surface area (Å²) < 4.78 is 5.39. The van der Waals surface area contributed by atoms with Crippen LogP contribution in [0.3, 0.4) is 0 Å². The van der Waals surface area contributed by atoms with Crippen LogP contribution in [0.5, 0.6) is 5.75 Å². The molecule has 3 aromatic carbocycles. The second-order valence-electron chi connectivity index (χ2n) is 4.87. The van der Waals surface area contributed by atoms with Crippen LogP contribution in [-0.4, -0.2) is 7.11 Å². The molecule has 0 aliphatic heterocycles. The van der Waals surface area contributed by atoms with Crippen LogP contribution in [0.2, 0.25) is 0 Å². The Bertz CT molecular complexity index is 792. The van der Waals surface area contributed by atoms with Crippen molar-refractivity contribution >= 4 is 22.1 Å². The van der Waals surface area contributed by atoms with Crippen LogP contribution in [-0.2, 0) is 0 Å². The van der Waals surface area contributed by atoms with Gasteiger partial charge in [0.05, 0.1) is 18.5 Å². The standard InChI is InChI=1S/C18H16N2O/c1-13-7-9-14(10-8-13)19-20-17-11-12-18(21-2)16-6-4-3-5-15(16)17/h3-12H,1-2H3. The van der Waals surface area contributed by atoms with E-state index in [1.807, 2.05) is 60.7 Å². The fraction of sp³-hybridized carbons (Fsp3) is 0.111. The van der Waals surface area contributed by atoms with E-state index < -0.39 is 0 Å². The van der Waals surface area contributed by atoms with E-state index in [0.717, 1.165) is 27.9 Å². The zero-order chi connectivity index (χ0) is 14.7. The molecule has 104 valence electrons. The van der Waals surface area contributed by atoms with Crippen LogP contribution in [0.1, 0.15) is 5.56 Å². The zero-order valence-electron chi connectivity index (χ0n) is 12.1. The molecule has 0 aromatic heterocycles. The Labute approximate surface area is 123 Å². The number of azo groups is 1. The Hall–Kier alpha value is -2.68. The number of benzene rings is 3. The monoisotopic (exact) mass is 276 g/mol. The highest BCUT2D eigenvalue weighted by Gasteiger charge is 2.05. The molecule has 21 heavy (non-hydrogen) atoms. The fourth-order valence-corrected chi connectivity index (χ4v) is 2.24. The molecule has 0 aliphatic carbocycles. The molecular weight excluding hydrogens is 260 g/mol. The van der Waals surface area contributed by atoms with Crippen molar-refractivity contribution in [3.63, 3.8) is 0 Å². The second-order valence-corrected chi connectivity index (χ2v) is 4.87. The Balaban J connectivity index is 2.03. The van der Waals surface area contributed by atoms with Gasteiger partial charge in [0, 0.05) is 10.8 Å². The number of aryl methyl sites for hydroxylation is 1. The lowest BCUT2D eigenvalue weighted by atomic mass is 10.1. The molecular formula is C18H16N2O. The predicted octanol–water partition coefficient (Wildman–Crippen LogP) is 5.57. The van der Waals surface area contributed by atoms with Crippen molar-refractivity contribution in [2.45, 2.75) is 6.92 Å². The average Bonchev–Trinajstić information content (AvgIpc) is 2.54. The summed E-state index contributed by atoms with van der Waals surface area (Å²) in [5.41, 5.74) is 2.90. The molecule has 0 spiro atoms. The van der Waals surface area contributed by atoms with E-state index >= 15 is 0 Å². The van der Waals surface area contributed by atoms with Crippen molar-refractivity contribution < 1.29 is 4.74 Å². The molecule has 0 amide bonds. The van der Waals surface area contributed by atoms with Gasteiger partial charge in [0.25, 0.3) is 0 Å². The molecule has 0 bridgehead atoms. The van der Waals surface area contributed by atoms with Crippen LogP contribution in [0.4, 0.5) is 11.4 Å². The summed E-state index contributed by atoms with van der Waals surface area (Å²) in [5, 5.41) is 10.8. The van der Waals surface area contributed by atoms with Crippen molar-refractivity contribution in [2.24, 2.45) is 10.2 Å². The number of methoxy groups -OCH3 is 1. The predicted molar refractivity (Wildman–Crippen MR) is 85.9 cm³/mol. The third-order valence-corrected chi connectivity index (χ3v) is 3.39. The summed E-state index contributed by atoms with van der Waals surface area (Å²) in [6.45, 7) is 2.05. The Morgan fingerprint density at radius 1 is 0.762 bits per heavy atom. The molecule has 0 aliphatic rings. The Kier molecular flexibility index (Phi) is 3.65. The minimum absolute atomic E-state index is 0.840. The van der Waals surface area contributed by atoms with Gasteiger partial charge >= 0.3 is 0 Å². The average molecular weight is 276 g/mol. The zero-order valence-corrected chi connectivity index (χ0v) is 12.1. The smallest absolute Gasteiger partial charge is 0.126 e. The molecule has 3 heteroatoms. The summed E-state index contributed by atoms with van der Waals surface area (Å²) in [6, 6.07) is 19.9. The van der Waals surface area contributed by atoms with Gasteiger partial charge in [0.15, 0.2) is 0 Å². The molecule has 3 rings (SSSR count). The van der Waals surface area contributed by atoms with Crippen molar-refractivity contribution in [3.8, 4) is 5.75 Å². The van der Waals surface area contributed by atoms with Gasteiger partial charge in [-0.2, -0.15) is 5.11 Å². The maximum atomic E-state index is 5.39. The summed E-state index contributed by atoms with van der Waals surface area (Å²) in [6.07, 6.45) is 0. The van der Waals surface area contributed by atoms with Gasteiger partial charge in [0.2, 0.25) is 0 Å². The largest absolute Gasteiger partial charge is 0.496 e. The minimum Gasteiger partial charge on any atom is -0.496 e. The highest BCUT2D eigenvalue weighted by molar-refractivity contribution is 5.96. The number of hydrogen-bond acceptors (Lipinski definition) is 3. The molecule has 3 nitrogen and oxygen atoms in total. The molecule has 0 N–H and O–H groups in total. The topological polar surface area (TPSA) is 34.0 Å². The molecule has 0 saturated carbocycles. The summed E-state index contributed by atoms with van der Waals surface area (Å²) in [7, 11) is 1.68. The quantitative estimate of drug-likeness (QED) is 0.575. The Morgan fingerprint density at radius 2 is 1.48 bits per heavy atom. The van der Waals surface area contributed by atoms with Gasteiger partial charge in [-0.15, -0.1) is 5.11 Å². The first kappa shape index (κ1) is 13.3. The molecule has 3 aromatic rings. The molecule has 0 heterocycles. The van der Waals surface area contributed by atoms with Gasteiger partial charge in [-0.25, -0.2) is 0 Å². The first-order chi connectivity index (χ1) is 10.3. The van der Waals surface area contributed by atoms with Crippen molar-refractivity contribution in [1.29, 1.82) is 0 Å². The van der Waals surface area contributed by atoms with Gasteiger partial charge in [-0.05, 0) is 31.2 Å². The van der Waals surface area contributed by atoms with Crippen LogP contribution < -0.4 is 4.74 Å². The third-order valence-electron chi connectivity index (χ3n) is 3.39. The first-order valence-corrected chi connectivity index (χ1v) is 6.82. The molecule has 0 fully saturated rings. The minimum atomic E-state index is 0.840. The number of fused-ring (bicyclic) bond motifs is 1. The van der Waals surface area contributed by atoms with Gasteiger partial charge in [-0.1, -0.05) is 42.0 Å². The van der Waals surface area contributed by atoms with Crippen LogP contribution in [0, 0.1) is 6.92 Å². The number of hydrogen-bond donors (Lipinski definition) is 0. The van der Waals surface area contributed by atoms with Crippen molar-refractivity contribution in [1.82, 2.24) is 0 Å². The van der Waals surface area contributed by atoms with Gasteiger partial charge in [-0.3, -0.25) is 0 Å². The van der Waals surface area contributed by atoms with Crippen LogP contribution >= 0.6 is 0 Å². The lowest BCUT2D eigenvalue weighted by molar-refractivity contribution is 0.420. The Morgan fingerprint density at radius 3 is 2.19 bits per heavy atom. The van der Waals surface area contributed by atoms with Crippen molar-refractivity contribution in [2.75, 3.05) is 7.11 Å². The van der Waals surface area contributed by atoms with E-state index in [9.17, 15) is 0 Å². The van der Waals surface area contributed by atoms with E-state index in [1.165, 1.54) is 5.56 Å². The van der Waals surface area contributed by atoms with Crippen LogP contribution in [0.25, 0.3) is 10.8 Å². The SMILES string of the molecule is COc1ccc(N=Nc2ccc(C)cc2)c2ccccc12. The first-order valence-electron chi connectivity index (χ1n) is 6.82. The number of nitrogens with zero attached hydrogens (tertiary/aromatic N) is 2. The van der Waals surface area contributed by atoms with Crippen LogP contribution in [0.15, 0.2) is 70.9 Å². The van der Waals surface area contributed by atoms with Crippen molar-refractivity contribution in [3.05, 3.63) is 66.2 Å². The molecule has 0 atom stereocenters. The third kappa shape index (κ3) is 2.77. The van der Waals surface area contributed by atoms with E-state index in [-0.39, 0.29) is 0 Å². The molecule has 0 radical (unpaired) electrons. The number of rotatable bonds is 3. The highest BCUT2D eigenvalue weighted by atomic mass is 16.5. The lowest BCUT2D eigenvalue weighted by Crippen LogP contribution is -1.84. The van der Waals surface area contributed by atoms with E-state index in [2.05, 4.69) is 17.2 Å². The van der Waals surface area contributed by atoms with E-state index in [1.54, 1.807) is 7.11 Å². The van der Waals surface area contributed by atoms with E-state index in [0.29, 0.717) is 0 Å². The summed E-state index contributed by atoms with van der Waals surface area (Å²) >= 11 is 0.